The molecular weight excluding hydrogens is 238 g/mol. The third-order valence-electron chi connectivity index (χ3n) is 3.81. The lowest BCUT2D eigenvalue weighted by atomic mass is 9.95. The van der Waals surface area contributed by atoms with Gasteiger partial charge in [-0.25, -0.2) is 0 Å². The van der Waals surface area contributed by atoms with Crippen molar-refractivity contribution in [3.05, 3.63) is 30.3 Å². The van der Waals surface area contributed by atoms with Crippen LogP contribution < -0.4 is 4.90 Å². The Balaban J connectivity index is 0.000000312. The first-order chi connectivity index (χ1) is 9.18. The second-order valence-electron chi connectivity index (χ2n) is 4.99. The van der Waals surface area contributed by atoms with Gasteiger partial charge in [0.2, 0.25) is 0 Å². The van der Waals surface area contributed by atoms with Crippen LogP contribution in [0.25, 0.3) is 0 Å². The maximum atomic E-state index is 9.18. The molecule has 1 aromatic rings. The number of anilines is 1. The molecule has 0 amide bonds. The minimum atomic E-state index is 0.390. The monoisotopic (exact) mass is 263 g/mol. The summed E-state index contributed by atoms with van der Waals surface area (Å²) in [6.45, 7) is 8.56. The van der Waals surface area contributed by atoms with E-state index in [0.717, 1.165) is 0 Å². The van der Waals surface area contributed by atoms with Crippen molar-refractivity contribution in [2.24, 2.45) is 0 Å². The molecule has 1 aliphatic heterocycles. The number of carbonyl (C=O) groups is 1. The molecule has 0 saturated carbocycles. The van der Waals surface area contributed by atoms with Crippen molar-refractivity contribution >= 4 is 12.2 Å². The molecule has 1 aromatic carbocycles. The van der Waals surface area contributed by atoms with Crippen molar-refractivity contribution < 1.29 is 9.53 Å². The fourth-order valence-electron chi connectivity index (χ4n) is 2.51. The van der Waals surface area contributed by atoms with Crippen molar-refractivity contribution in [1.82, 2.24) is 0 Å². The van der Waals surface area contributed by atoms with E-state index in [1.807, 2.05) is 0 Å². The van der Waals surface area contributed by atoms with Gasteiger partial charge in [0.15, 0.2) is 0 Å². The van der Waals surface area contributed by atoms with Gasteiger partial charge in [-0.3, -0.25) is 4.79 Å². The Morgan fingerprint density at radius 3 is 2.47 bits per heavy atom. The molecule has 3 heteroatoms. The summed E-state index contributed by atoms with van der Waals surface area (Å²) in [7, 11) is 0. The summed E-state index contributed by atoms with van der Waals surface area (Å²) < 4.78 is 4.15. The Hall–Kier alpha value is -1.51. The second-order valence-corrected chi connectivity index (χ2v) is 4.99. The number of carbonyl (C=O) groups excluding carboxylic acids is 1. The van der Waals surface area contributed by atoms with Gasteiger partial charge in [-0.1, -0.05) is 25.1 Å². The first-order valence-corrected chi connectivity index (χ1v) is 7.06. The largest absolute Gasteiger partial charge is 0.468 e. The van der Waals surface area contributed by atoms with Gasteiger partial charge in [0.1, 0.15) is 0 Å². The summed E-state index contributed by atoms with van der Waals surface area (Å²) in [5, 5.41) is 0. The van der Waals surface area contributed by atoms with E-state index in [4.69, 9.17) is 0 Å². The highest BCUT2D eigenvalue weighted by Crippen LogP contribution is 2.35. The summed E-state index contributed by atoms with van der Waals surface area (Å²) in [6.07, 6.45) is 3.90. The summed E-state index contributed by atoms with van der Waals surface area (Å²) >= 11 is 0. The Morgan fingerprint density at radius 1 is 1.32 bits per heavy atom. The van der Waals surface area contributed by atoms with Crippen LogP contribution in [0.3, 0.4) is 0 Å². The minimum absolute atomic E-state index is 0.390. The molecule has 1 heterocycles. The van der Waals surface area contributed by atoms with Crippen molar-refractivity contribution in [2.45, 2.75) is 45.6 Å². The van der Waals surface area contributed by atoms with Crippen molar-refractivity contribution in [1.29, 1.82) is 0 Å². The summed E-state index contributed by atoms with van der Waals surface area (Å²) in [5.41, 5.74) is 1.77. The van der Waals surface area contributed by atoms with E-state index in [9.17, 15) is 4.79 Å². The van der Waals surface area contributed by atoms with Gasteiger partial charge in [-0.15, -0.1) is 0 Å². The third kappa shape index (κ3) is 4.27. The van der Waals surface area contributed by atoms with E-state index in [1.54, 1.807) is 6.92 Å². The predicted octanol–water partition coefficient (Wildman–Crippen LogP) is 3.63. The Morgan fingerprint density at radius 2 is 2.00 bits per heavy atom. The lowest BCUT2D eigenvalue weighted by molar-refractivity contribution is -0.128. The second kappa shape index (κ2) is 7.82. The van der Waals surface area contributed by atoms with Gasteiger partial charge in [0.25, 0.3) is 6.47 Å². The Kier molecular flexibility index (Phi) is 6.40. The number of nitrogens with zero attached hydrogens (tertiary/aromatic N) is 1. The van der Waals surface area contributed by atoms with E-state index >= 15 is 0 Å². The first kappa shape index (κ1) is 15.5. The number of ether oxygens (including phenoxy) is 1. The molecular formula is C16H25NO2. The fraction of sp³-hybridized carbons (Fsp3) is 0.562. The van der Waals surface area contributed by atoms with Crippen LogP contribution in [0, 0.1) is 0 Å². The number of hydrogen-bond donors (Lipinski definition) is 0. The summed E-state index contributed by atoms with van der Waals surface area (Å²) in [6, 6.07) is 10.8. The van der Waals surface area contributed by atoms with Gasteiger partial charge in [0.05, 0.1) is 6.61 Å². The van der Waals surface area contributed by atoms with E-state index in [-0.39, 0.29) is 0 Å². The molecule has 1 fully saturated rings. The van der Waals surface area contributed by atoms with Gasteiger partial charge in [-0.2, -0.15) is 0 Å². The molecule has 3 nitrogen and oxygen atoms in total. The lowest BCUT2D eigenvalue weighted by Gasteiger charge is -2.36. The molecule has 1 atom stereocenters. The van der Waals surface area contributed by atoms with Crippen LogP contribution in [0.2, 0.25) is 0 Å². The molecule has 0 N–H and O–H groups in total. The number of benzene rings is 1. The highest BCUT2D eigenvalue weighted by molar-refractivity contribution is 5.49. The minimum Gasteiger partial charge on any atom is -0.468 e. The zero-order valence-electron chi connectivity index (χ0n) is 12.3. The van der Waals surface area contributed by atoms with E-state index in [2.05, 4.69) is 53.8 Å². The highest BCUT2D eigenvalue weighted by Gasteiger charge is 2.34. The molecule has 0 radical (unpaired) electrons. The maximum Gasteiger partial charge on any atom is 0.293 e. The quantitative estimate of drug-likeness (QED) is 0.777. The van der Waals surface area contributed by atoms with Crippen LogP contribution in [-0.4, -0.2) is 25.2 Å². The Labute approximate surface area is 116 Å². The fourth-order valence-corrected chi connectivity index (χ4v) is 2.51. The standard InChI is InChI=1S/C13H19N.C3H6O2/c1-3-13(2)10-7-11-14(13)12-8-5-4-6-9-12;1-2-5-3-4/h4-6,8-9H,3,7,10-11H2,1-2H3;3H,2H2,1H3. The zero-order valence-corrected chi connectivity index (χ0v) is 12.3. The van der Waals surface area contributed by atoms with Crippen molar-refractivity contribution in [3.63, 3.8) is 0 Å². The average Bonchev–Trinajstić information content (AvgIpc) is 2.84. The van der Waals surface area contributed by atoms with Crippen LogP contribution in [0.1, 0.15) is 40.0 Å². The smallest absolute Gasteiger partial charge is 0.293 e. The van der Waals surface area contributed by atoms with Crippen LogP contribution in [-0.2, 0) is 9.53 Å². The van der Waals surface area contributed by atoms with Gasteiger partial charge in [0, 0.05) is 17.8 Å². The topological polar surface area (TPSA) is 29.5 Å². The number of para-hydroxylation sites is 1. The molecule has 2 rings (SSSR count). The van der Waals surface area contributed by atoms with Gasteiger partial charge < -0.3 is 9.64 Å². The first-order valence-electron chi connectivity index (χ1n) is 7.06. The maximum absolute atomic E-state index is 9.18. The molecule has 106 valence electrons. The molecule has 0 aliphatic carbocycles. The van der Waals surface area contributed by atoms with E-state index < -0.39 is 0 Å². The normalized spacial score (nSPS) is 21.5. The van der Waals surface area contributed by atoms with E-state index in [1.165, 1.54) is 31.5 Å². The molecule has 19 heavy (non-hydrogen) atoms. The van der Waals surface area contributed by atoms with E-state index in [0.29, 0.717) is 18.6 Å². The zero-order chi connectivity index (χ0) is 14.1. The van der Waals surface area contributed by atoms with Gasteiger partial charge >= 0.3 is 0 Å². The summed E-state index contributed by atoms with van der Waals surface area (Å²) in [5.74, 6) is 0. The van der Waals surface area contributed by atoms with Crippen molar-refractivity contribution in [3.8, 4) is 0 Å². The third-order valence-corrected chi connectivity index (χ3v) is 3.81. The van der Waals surface area contributed by atoms with Crippen LogP contribution in [0.5, 0.6) is 0 Å². The van der Waals surface area contributed by atoms with Crippen LogP contribution in [0.4, 0.5) is 5.69 Å². The number of hydrogen-bond acceptors (Lipinski definition) is 3. The molecule has 1 saturated heterocycles. The molecule has 0 aromatic heterocycles. The van der Waals surface area contributed by atoms with Crippen molar-refractivity contribution in [2.75, 3.05) is 18.1 Å². The molecule has 1 unspecified atom stereocenters. The SMILES string of the molecule is CCC1(C)CCCN1c1ccccc1.CCOC=O. The van der Waals surface area contributed by atoms with Crippen LogP contribution >= 0.6 is 0 Å². The molecule has 1 aliphatic rings. The van der Waals surface area contributed by atoms with Crippen LogP contribution in [0.15, 0.2) is 30.3 Å². The number of rotatable bonds is 4. The predicted molar refractivity (Wildman–Crippen MR) is 79.4 cm³/mol. The lowest BCUT2D eigenvalue weighted by Crippen LogP contribution is -2.40. The molecule has 0 bridgehead atoms. The average molecular weight is 263 g/mol. The molecule has 0 spiro atoms. The Bertz CT molecular complexity index is 366. The summed E-state index contributed by atoms with van der Waals surface area (Å²) in [4.78, 5) is 11.7. The highest BCUT2D eigenvalue weighted by atomic mass is 16.5. The van der Waals surface area contributed by atoms with Gasteiger partial charge in [-0.05, 0) is 45.2 Å².